The largest absolute Gasteiger partial charge is 0.478 e. The Morgan fingerprint density at radius 3 is 2.33 bits per heavy atom. The molecule has 0 radical (unpaired) electrons. The molecule has 4 heteroatoms. The zero-order chi connectivity index (χ0) is 14.0. The van der Waals surface area contributed by atoms with Crippen molar-refractivity contribution in [1.82, 2.24) is 4.57 Å². The van der Waals surface area contributed by atoms with Gasteiger partial charge in [-0.25, -0.2) is 4.79 Å². The topological polar surface area (TPSA) is 59.3 Å². The van der Waals surface area contributed by atoms with Crippen molar-refractivity contribution in [1.29, 1.82) is 0 Å². The molecule has 0 aliphatic carbocycles. The lowest BCUT2D eigenvalue weighted by Gasteiger charge is -2.21. The summed E-state index contributed by atoms with van der Waals surface area (Å²) in [4.78, 5) is 23.3. The van der Waals surface area contributed by atoms with Crippen molar-refractivity contribution in [2.24, 2.45) is 5.92 Å². The van der Waals surface area contributed by atoms with Crippen LogP contribution in [0.25, 0.3) is 0 Å². The minimum absolute atomic E-state index is 0.0104. The third-order valence-corrected chi connectivity index (χ3v) is 3.16. The Bertz CT molecular complexity index is 515. The summed E-state index contributed by atoms with van der Waals surface area (Å²) in [6, 6.07) is 1.42. The number of hydrogen-bond donors (Lipinski definition) is 1. The van der Waals surface area contributed by atoms with E-state index in [2.05, 4.69) is 13.8 Å². The molecule has 0 fully saturated rings. The molecule has 0 aliphatic heterocycles. The second-order valence-corrected chi connectivity index (χ2v) is 5.28. The van der Waals surface area contributed by atoms with Crippen molar-refractivity contribution in [3.05, 3.63) is 33.2 Å². The smallest absolute Gasteiger partial charge is 0.337 e. The quantitative estimate of drug-likeness (QED) is 0.895. The molecule has 0 aromatic carbocycles. The maximum Gasteiger partial charge on any atom is 0.337 e. The summed E-state index contributed by atoms with van der Waals surface area (Å²) < 4.78 is 1.59. The van der Waals surface area contributed by atoms with Crippen LogP contribution < -0.4 is 5.56 Å². The van der Waals surface area contributed by atoms with Gasteiger partial charge < -0.3 is 9.67 Å². The number of rotatable bonds is 4. The SMILES string of the molecule is Cc1cc(=O)n(C(C)CC(C)C)c(C)c1C(=O)O. The van der Waals surface area contributed by atoms with Crippen molar-refractivity contribution in [3.63, 3.8) is 0 Å². The first kappa shape index (κ1) is 14.5. The van der Waals surface area contributed by atoms with E-state index in [1.54, 1.807) is 18.4 Å². The number of aromatic carboxylic acids is 1. The van der Waals surface area contributed by atoms with Crippen LogP contribution in [0.2, 0.25) is 0 Å². The molecule has 1 unspecified atom stereocenters. The highest BCUT2D eigenvalue weighted by Crippen LogP contribution is 2.20. The maximum atomic E-state index is 12.0. The van der Waals surface area contributed by atoms with Crippen LogP contribution in [0.15, 0.2) is 10.9 Å². The van der Waals surface area contributed by atoms with Gasteiger partial charge in [-0.3, -0.25) is 4.79 Å². The molecule has 0 bridgehead atoms. The number of aryl methyl sites for hydroxylation is 1. The number of pyridine rings is 1. The number of nitrogens with zero attached hydrogens (tertiary/aromatic N) is 1. The molecule has 100 valence electrons. The van der Waals surface area contributed by atoms with E-state index in [1.165, 1.54) is 6.07 Å². The first-order valence-corrected chi connectivity index (χ1v) is 6.21. The molecule has 1 aromatic rings. The van der Waals surface area contributed by atoms with Crippen LogP contribution in [-0.4, -0.2) is 15.6 Å². The van der Waals surface area contributed by atoms with E-state index < -0.39 is 5.97 Å². The molecule has 1 atom stereocenters. The summed E-state index contributed by atoms with van der Waals surface area (Å²) in [6.07, 6.45) is 0.850. The number of carbonyl (C=O) groups is 1. The Morgan fingerprint density at radius 2 is 1.89 bits per heavy atom. The molecule has 1 heterocycles. The summed E-state index contributed by atoms with van der Waals surface area (Å²) in [5, 5.41) is 9.21. The molecule has 1 rings (SSSR count). The fourth-order valence-electron chi connectivity index (χ4n) is 2.56. The second kappa shape index (κ2) is 5.38. The summed E-state index contributed by atoms with van der Waals surface area (Å²) in [5.41, 5.74) is 1.19. The second-order valence-electron chi connectivity index (χ2n) is 5.28. The van der Waals surface area contributed by atoms with E-state index in [-0.39, 0.29) is 17.2 Å². The van der Waals surface area contributed by atoms with E-state index in [4.69, 9.17) is 0 Å². The first-order valence-electron chi connectivity index (χ1n) is 6.21. The fraction of sp³-hybridized carbons (Fsp3) is 0.571. The average molecular weight is 251 g/mol. The zero-order valence-corrected chi connectivity index (χ0v) is 11.7. The van der Waals surface area contributed by atoms with Crippen LogP contribution in [0.5, 0.6) is 0 Å². The van der Waals surface area contributed by atoms with Crippen LogP contribution in [0, 0.1) is 19.8 Å². The predicted molar refractivity (Wildman–Crippen MR) is 71.3 cm³/mol. The van der Waals surface area contributed by atoms with Crippen LogP contribution in [0.3, 0.4) is 0 Å². The van der Waals surface area contributed by atoms with E-state index >= 15 is 0 Å². The molecule has 1 aromatic heterocycles. The Balaban J connectivity index is 3.41. The fourth-order valence-corrected chi connectivity index (χ4v) is 2.56. The van der Waals surface area contributed by atoms with Gasteiger partial charge in [0.2, 0.25) is 0 Å². The molecular formula is C14H21NO3. The van der Waals surface area contributed by atoms with E-state index in [0.717, 1.165) is 6.42 Å². The molecule has 0 saturated heterocycles. The highest BCUT2D eigenvalue weighted by Gasteiger charge is 2.19. The van der Waals surface area contributed by atoms with Crippen molar-refractivity contribution in [2.45, 2.75) is 47.1 Å². The Hall–Kier alpha value is -1.58. The monoisotopic (exact) mass is 251 g/mol. The Kier molecular flexibility index (Phi) is 4.33. The predicted octanol–water partition coefficient (Wildman–Crippen LogP) is 2.77. The number of carboxylic acid groups (broad SMARTS) is 1. The lowest BCUT2D eigenvalue weighted by atomic mass is 10.0. The molecule has 4 nitrogen and oxygen atoms in total. The van der Waals surface area contributed by atoms with Gasteiger partial charge in [-0.15, -0.1) is 0 Å². The van der Waals surface area contributed by atoms with E-state index in [9.17, 15) is 14.7 Å². The van der Waals surface area contributed by atoms with Gasteiger partial charge in [0.15, 0.2) is 0 Å². The van der Waals surface area contributed by atoms with Gasteiger partial charge in [-0.1, -0.05) is 13.8 Å². The van der Waals surface area contributed by atoms with Gasteiger partial charge in [-0.2, -0.15) is 0 Å². The van der Waals surface area contributed by atoms with Gasteiger partial charge in [-0.05, 0) is 38.7 Å². The minimum Gasteiger partial charge on any atom is -0.478 e. The Morgan fingerprint density at radius 1 is 1.33 bits per heavy atom. The third-order valence-electron chi connectivity index (χ3n) is 3.16. The number of aromatic nitrogens is 1. The van der Waals surface area contributed by atoms with Crippen LogP contribution in [0.1, 0.15) is 54.8 Å². The van der Waals surface area contributed by atoms with Crippen LogP contribution in [-0.2, 0) is 0 Å². The lowest BCUT2D eigenvalue weighted by Crippen LogP contribution is -2.28. The molecule has 18 heavy (non-hydrogen) atoms. The molecule has 0 aliphatic rings. The highest BCUT2D eigenvalue weighted by atomic mass is 16.4. The van der Waals surface area contributed by atoms with Gasteiger partial charge in [0.1, 0.15) is 0 Å². The lowest BCUT2D eigenvalue weighted by molar-refractivity contribution is 0.0694. The minimum atomic E-state index is -0.976. The van der Waals surface area contributed by atoms with Crippen LogP contribution >= 0.6 is 0 Å². The Labute approximate surface area is 107 Å². The summed E-state index contributed by atoms with van der Waals surface area (Å²) in [5.74, 6) is -0.517. The molecule has 1 N–H and O–H groups in total. The summed E-state index contributed by atoms with van der Waals surface area (Å²) in [6.45, 7) is 9.49. The molecule has 0 spiro atoms. The first-order chi connectivity index (χ1) is 8.25. The molecule has 0 saturated carbocycles. The van der Waals surface area contributed by atoms with Gasteiger partial charge in [0.25, 0.3) is 5.56 Å². The van der Waals surface area contributed by atoms with Gasteiger partial charge in [0.05, 0.1) is 5.56 Å². The van der Waals surface area contributed by atoms with E-state index in [0.29, 0.717) is 17.2 Å². The highest BCUT2D eigenvalue weighted by molar-refractivity contribution is 5.90. The third kappa shape index (κ3) is 2.81. The number of carboxylic acids is 1. The van der Waals surface area contributed by atoms with Crippen LogP contribution in [0.4, 0.5) is 0 Å². The van der Waals surface area contributed by atoms with Gasteiger partial charge in [0, 0.05) is 17.8 Å². The molecular weight excluding hydrogens is 230 g/mol. The molecule has 0 amide bonds. The van der Waals surface area contributed by atoms with Gasteiger partial charge >= 0.3 is 5.97 Å². The standard InChI is InChI=1S/C14H21NO3/c1-8(2)6-10(4)15-11(5)13(14(17)18)9(3)7-12(15)16/h7-8,10H,6H2,1-5H3,(H,17,18). The van der Waals surface area contributed by atoms with Crippen molar-refractivity contribution in [2.75, 3.05) is 0 Å². The van der Waals surface area contributed by atoms with Crippen molar-refractivity contribution >= 4 is 5.97 Å². The summed E-state index contributed by atoms with van der Waals surface area (Å²) >= 11 is 0. The number of hydrogen-bond acceptors (Lipinski definition) is 2. The van der Waals surface area contributed by atoms with Crippen molar-refractivity contribution in [3.8, 4) is 0 Å². The van der Waals surface area contributed by atoms with E-state index in [1.807, 2.05) is 6.92 Å². The zero-order valence-electron chi connectivity index (χ0n) is 11.7. The average Bonchev–Trinajstić information content (AvgIpc) is 2.13. The summed E-state index contributed by atoms with van der Waals surface area (Å²) in [7, 11) is 0. The normalized spacial score (nSPS) is 12.8. The van der Waals surface area contributed by atoms with Crippen molar-refractivity contribution < 1.29 is 9.90 Å². The maximum absolute atomic E-state index is 12.0.